The fourth-order valence-corrected chi connectivity index (χ4v) is 1.98. The summed E-state index contributed by atoms with van der Waals surface area (Å²) in [5, 5.41) is 10.1. The zero-order valence-electron chi connectivity index (χ0n) is 9.71. The number of aliphatic hydroxyl groups excluding tert-OH is 1. The van der Waals surface area contributed by atoms with Gasteiger partial charge in [0.25, 0.3) is 0 Å². The summed E-state index contributed by atoms with van der Waals surface area (Å²) in [4.78, 5) is 0. The van der Waals surface area contributed by atoms with Gasteiger partial charge in [0, 0.05) is 6.42 Å². The lowest BCUT2D eigenvalue weighted by Crippen LogP contribution is -2.20. The molecule has 90 valence electrons. The van der Waals surface area contributed by atoms with Gasteiger partial charge in [0.05, 0.1) is 11.1 Å². The molecule has 0 heterocycles. The molecule has 0 bridgehead atoms. The summed E-state index contributed by atoms with van der Waals surface area (Å²) in [6.45, 7) is 4.08. The van der Waals surface area contributed by atoms with Gasteiger partial charge >= 0.3 is 0 Å². The van der Waals surface area contributed by atoms with Gasteiger partial charge in [-0.05, 0) is 24.0 Å². The van der Waals surface area contributed by atoms with Crippen LogP contribution in [0, 0.1) is 11.7 Å². The van der Waals surface area contributed by atoms with E-state index in [0.29, 0.717) is 12.0 Å². The lowest BCUT2D eigenvalue weighted by atomic mass is 9.94. The van der Waals surface area contributed by atoms with Crippen LogP contribution in [0.25, 0.3) is 0 Å². The van der Waals surface area contributed by atoms with Crippen molar-refractivity contribution in [3.8, 4) is 0 Å². The van der Waals surface area contributed by atoms with Crippen molar-refractivity contribution in [1.82, 2.24) is 0 Å². The molecule has 0 fully saturated rings. The maximum absolute atomic E-state index is 13.2. The van der Waals surface area contributed by atoms with Gasteiger partial charge in [-0.15, -0.1) is 0 Å². The van der Waals surface area contributed by atoms with Crippen LogP contribution < -0.4 is 0 Å². The molecule has 2 unspecified atom stereocenters. The van der Waals surface area contributed by atoms with E-state index in [4.69, 9.17) is 11.6 Å². The summed E-state index contributed by atoms with van der Waals surface area (Å²) in [7, 11) is 0. The van der Waals surface area contributed by atoms with Crippen LogP contribution in [0.4, 0.5) is 4.39 Å². The summed E-state index contributed by atoms with van der Waals surface area (Å²) in [6, 6.07) is 4.70. The van der Waals surface area contributed by atoms with E-state index in [1.165, 1.54) is 6.07 Å². The molecule has 0 aliphatic heterocycles. The predicted octanol–water partition coefficient (Wildman–Crippen LogP) is 3.82. The highest BCUT2D eigenvalue weighted by atomic mass is 35.5. The lowest BCUT2D eigenvalue weighted by Gasteiger charge is -2.18. The van der Waals surface area contributed by atoms with E-state index in [2.05, 4.69) is 6.92 Å². The Bertz CT molecular complexity index is 341. The highest BCUT2D eigenvalue weighted by Crippen LogP contribution is 2.23. The molecular weight excluding hydrogens is 227 g/mol. The smallest absolute Gasteiger partial charge is 0.142 e. The fourth-order valence-electron chi connectivity index (χ4n) is 1.78. The van der Waals surface area contributed by atoms with Crippen LogP contribution in [0.3, 0.4) is 0 Å². The minimum atomic E-state index is -0.459. The molecule has 0 spiro atoms. The Hall–Kier alpha value is -0.600. The van der Waals surface area contributed by atoms with Crippen LogP contribution in [0.2, 0.25) is 5.02 Å². The summed E-state index contributed by atoms with van der Waals surface area (Å²) in [5.41, 5.74) is 0.678. The maximum Gasteiger partial charge on any atom is 0.142 e. The number of benzene rings is 1. The van der Waals surface area contributed by atoms with Gasteiger partial charge in [-0.25, -0.2) is 4.39 Å². The van der Waals surface area contributed by atoms with Crippen molar-refractivity contribution in [2.45, 2.75) is 39.2 Å². The first kappa shape index (κ1) is 13.5. The third-order valence-electron chi connectivity index (χ3n) is 2.86. The quantitative estimate of drug-likeness (QED) is 0.835. The highest BCUT2D eigenvalue weighted by Gasteiger charge is 2.16. The van der Waals surface area contributed by atoms with E-state index in [1.54, 1.807) is 12.1 Å². The van der Waals surface area contributed by atoms with Gasteiger partial charge in [0.15, 0.2) is 0 Å². The molecule has 0 saturated heterocycles. The van der Waals surface area contributed by atoms with E-state index >= 15 is 0 Å². The molecule has 0 aliphatic carbocycles. The van der Waals surface area contributed by atoms with Crippen LogP contribution in [0.5, 0.6) is 0 Å². The molecule has 0 saturated carbocycles. The zero-order chi connectivity index (χ0) is 12.1. The van der Waals surface area contributed by atoms with Crippen molar-refractivity contribution in [1.29, 1.82) is 0 Å². The van der Waals surface area contributed by atoms with Gasteiger partial charge in [0.2, 0.25) is 0 Å². The van der Waals surface area contributed by atoms with Crippen LogP contribution in [-0.2, 0) is 6.42 Å². The minimum Gasteiger partial charge on any atom is -0.393 e. The molecule has 1 aromatic carbocycles. The Morgan fingerprint density at radius 1 is 1.44 bits per heavy atom. The molecular formula is C13H18ClFO. The Morgan fingerprint density at radius 2 is 2.12 bits per heavy atom. The second-order valence-corrected chi connectivity index (χ2v) is 4.63. The summed E-state index contributed by atoms with van der Waals surface area (Å²) >= 11 is 5.83. The largest absolute Gasteiger partial charge is 0.393 e. The number of halogens is 2. The van der Waals surface area contributed by atoms with Gasteiger partial charge in [0.1, 0.15) is 5.82 Å². The molecule has 0 aliphatic rings. The van der Waals surface area contributed by atoms with Crippen molar-refractivity contribution in [2.75, 3.05) is 0 Å². The predicted molar refractivity (Wildman–Crippen MR) is 65.2 cm³/mol. The highest BCUT2D eigenvalue weighted by molar-refractivity contribution is 6.31. The van der Waals surface area contributed by atoms with Crippen LogP contribution in [0.1, 0.15) is 32.3 Å². The van der Waals surface area contributed by atoms with E-state index in [-0.39, 0.29) is 10.9 Å². The molecule has 0 aromatic heterocycles. The minimum absolute atomic E-state index is 0.130. The zero-order valence-corrected chi connectivity index (χ0v) is 10.5. The summed E-state index contributed by atoms with van der Waals surface area (Å²) in [6.07, 6.45) is 1.96. The molecule has 1 nitrogen and oxygen atoms in total. The molecule has 1 aromatic rings. The van der Waals surface area contributed by atoms with E-state index in [0.717, 1.165) is 12.8 Å². The molecule has 3 heteroatoms. The van der Waals surface area contributed by atoms with Crippen LogP contribution >= 0.6 is 11.6 Å². The van der Waals surface area contributed by atoms with Crippen molar-refractivity contribution in [3.63, 3.8) is 0 Å². The van der Waals surface area contributed by atoms with Gasteiger partial charge < -0.3 is 5.11 Å². The first-order chi connectivity index (χ1) is 7.56. The number of hydrogen-bond acceptors (Lipinski definition) is 1. The van der Waals surface area contributed by atoms with Crippen molar-refractivity contribution in [3.05, 3.63) is 34.6 Å². The Balaban J connectivity index is 2.69. The summed E-state index contributed by atoms with van der Waals surface area (Å²) in [5.74, 6) is -0.209. The first-order valence-corrected chi connectivity index (χ1v) is 6.05. The molecule has 0 radical (unpaired) electrons. The van der Waals surface area contributed by atoms with Crippen molar-refractivity contribution in [2.24, 2.45) is 5.92 Å². The number of aliphatic hydroxyl groups is 1. The maximum atomic E-state index is 13.2. The SMILES string of the molecule is CCCC(C)C(O)Cc1cccc(F)c1Cl. The second kappa shape index (κ2) is 6.21. The van der Waals surface area contributed by atoms with Gasteiger partial charge in [-0.2, -0.15) is 0 Å². The molecule has 1 rings (SSSR count). The standard InChI is InChI=1S/C13H18ClFO/c1-3-5-9(2)12(16)8-10-6-4-7-11(15)13(10)14/h4,6-7,9,12,16H,3,5,8H2,1-2H3. The van der Waals surface area contributed by atoms with Crippen LogP contribution in [-0.4, -0.2) is 11.2 Å². The van der Waals surface area contributed by atoms with Crippen LogP contribution in [0.15, 0.2) is 18.2 Å². The monoisotopic (exact) mass is 244 g/mol. The van der Waals surface area contributed by atoms with Gasteiger partial charge in [-0.1, -0.05) is 44.0 Å². The number of rotatable bonds is 5. The van der Waals surface area contributed by atoms with E-state index in [1.807, 2.05) is 6.92 Å². The molecule has 0 amide bonds. The topological polar surface area (TPSA) is 20.2 Å². The third-order valence-corrected chi connectivity index (χ3v) is 3.28. The lowest BCUT2D eigenvalue weighted by molar-refractivity contribution is 0.111. The van der Waals surface area contributed by atoms with Gasteiger partial charge in [-0.3, -0.25) is 0 Å². The Kier molecular flexibility index (Phi) is 5.23. The number of hydrogen-bond donors (Lipinski definition) is 1. The Labute approximate surface area is 101 Å². The average Bonchev–Trinajstić information content (AvgIpc) is 2.25. The third kappa shape index (κ3) is 3.46. The molecule has 2 atom stereocenters. The average molecular weight is 245 g/mol. The Morgan fingerprint density at radius 3 is 2.75 bits per heavy atom. The fraction of sp³-hybridized carbons (Fsp3) is 0.538. The summed E-state index contributed by atoms with van der Waals surface area (Å²) < 4.78 is 13.2. The molecule has 1 N–H and O–H groups in total. The molecule has 16 heavy (non-hydrogen) atoms. The first-order valence-electron chi connectivity index (χ1n) is 5.67. The normalized spacial score (nSPS) is 14.8. The van der Waals surface area contributed by atoms with Crippen molar-refractivity contribution >= 4 is 11.6 Å². The van der Waals surface area contributed by atoms with Crippen molar-refractivity contribution < 1.29 is 9.50 Å². The van der Waals surface area contributed by atoms with E-state index < -0.39 is 11.9 Å². The second-order valence-electron chi connectivity index (χ2n) is 4.25. The van der Waals surface area contributed by atoms with E-state index in [9.17, 15) is 9.50 Å².